The van der Waals surface area contributed by atoms with E-state index in [1.807, 2.05) is 0 Å². The molecule has 0 radical (unpaired) electrons. The quantitative estimate of drug-likeness (QED) is 0.129. The largest absolute Gasteiger partial charge is 0.0836 e. The van der Waals surface area contributed by atoms with Crippen molar-refractivity contribution in [3.63, 3.8) is 0 Å². The molecule has 2 aliphatic carbocycles. The molecule has 11 rings (SSSR count). The minimum Gasteiger partial charge on any atom is -0.0836 e. The van der Waals surface area contributed by atoms with Crippen LogP contribution < -0.4 is 0 Å². The molecule has 0 heterocycles. The molecule has 0 fully saturated rings. The first-order valence-corrected chi connectivity index (χ1v) is 18.9. The van der Waals surface area contributed by atoms with Gasteiger partial charge in [0.2, 0.25) is 0 Å². The van der Waals surface area contributed by atoms with Crippen LogP contribution in [0.15, 0.2) is 188 Å². The number of rotatable bonds is 4. The summed E-state index contributed by atoms with van der Waals surface area (Å²) in [5.74, 6) is 0. The Balaban J connectivity index is 1.15. The van der Waals surface area contributed by atoms with Gasteiger partial charge in [-0.05, 0) is 130 Å². The van der Waals surface area contributed by atoms with E-state index in [4.69, 9.17) is 0 Å². The van der Waals surface area contributed by atoms with Gasteiger partial charge in [0.25, 0.3) is 0 Å². The maximum absolute atomic E-state index is 2.45. The topological polar surface area (TPSA) is 0 Å². The van der Waals surface area contributed by atoms with Crippen LogP contribution in [0, 0.1) is 0 Å². The third-order valence-corrected chi connectivity index (χ3v) is 11.8. The molecule has 248 valence electrons. The lowest BCUT2D eigenvalue weighted by molar-refractivity contribution is 0.935. The second-order valence-corrected chi connectivity index (χ2v) is 14.6. The Kier molecular flexibility index (Phi) is 6.85. The van der Waals surface area contributed by atoms with Crippen LogP contribution in [0.2, 0.25) is 0 Å². The van der Waals surface area contributed by atoms with Gasteiger partial charge < -0.3 is 0 Å². The van der Waals surface area contributed by atoms with Crippen molar-refractivity contribution in [3.8, 4) is 44.5 Å². The van der Waals surface area contributed by atoms with Crippen LogP contribution in [0.4, 0.5) is 0 Å². The molecule has 9 aromatic carbocycles. The van der Waals surface area contributed by atoms with E-state index in [0.717, 1.165) is 19.3 Å². The van der Waals surface area contributed by atoms with Crippen molar-refractivity contribution in [2.24, 2.45) is 0 Å². The molecular formula is C53H36. The van der Waals surface area contributed by atoms with Gasteiger partial charge in [-0.3, -0.25) is 0 Å². The second-order valence-electron chi connectivity index (χ2n) is 14.6. The zero-order chi connectivity index (χ0) is 34.9. The smallest absolute Gasteiger partial charge is 0.00175 e. The van der Waals surface area contributed by atoms with Crippen molar-refractivity contribution in [1.82, 2.24) is 0 Å². The molecule has 2 aliphatic rings. The van der Waals surface area contributed by atoms with E-state index in [9.17, 15) is 0 Å². The van der Waals surface area contributed by atoms with Gasteiger partial charge in [-0.2, -0.15) is 0 Å². The van der Waals surface area contributed by atoms with E-state index in [1.54, 1.807) is 5.57 Å². The van der Waals surface area contributed by atoms with E-state index in [1.165, 1.54) is 104 Å². The van der Waals surface area contributed by atoms with E-state index >= 15 is 0 Å². The Morgan fingerprint density at radius 1 is 0.358 bits per heavy atom. The first-order chi connectivity index (χ1) is 26.3. The summed E-state index contributed by atoms with van der Waals surface area (Å²) in [7, 11) is 0. The SMILES string of the molecule is C1=CC2=C(CC1)Cc1ccc(-c3ccc(-c4c5ccccc5c(-c5ccccc5)c5ccccc45)cc3)c(-c3cc4ccccc4c4ccccc34)c12. The Bertz CT molecular complexity index is 2930. The zero-order valence-electron chi connectivity index (χ0n) is 29.4. The molecule has 0 bridgehead atoms. The number of fused-ring (bicyclic) bond motifs is 7. The lowest BCUT2D eigenvalue weighted by Gasteiger charge is -2.21. The normalized spacial score (nSPS) is 13.7. The van der Waals surface area contributed by atoms with Crippen LogP contribution in [0.5, 0.6) is 0 Å². The molecule has 0 saturated carbocycles. The van der Waals surface area contributed by atoms with Crippen molar-refractivity contribution in [1.29, 1.82) is 0 Å². The van der Waals surface area contributed by atoms with E-state index in [0.29, 0.717) is 0 Å². The highest BCUT2D eigenvalue weighted by Gasteiger charge is 2.28. The Morgan fingerprint density at radius 3 is 1.58 bits per heavy atom. The second kappa shape index (κ2) is 12.0. The summed E-state index contributed by atoms with van der Waals surface area (Å²) < 4.78 is 0. The number of benzene rings is 9. The molecule has 0 atom stereocenters. The van der Waals surface area contributed by atoms with Crippen LogP contribution in [0.25, 0.3) is 93.2 Å². The van der Waals surface area contributed by atoms with Gasteiger partial charge in [-0.15, -0.1) is 0 Å². The average Bonchev–Trinajstić information content (AvgIpc) is 3.61. The van der Waals surface area contributed by atoms with Crippen LogP contribution in [-0.4, -0.2) is 0 Å². The molecule has 0 amide bonds. The Labute approximate surface area is 310 Å². The molecule has 0 aliphatic heterocycles. The first kappa shape index (κ1) is 30.2. The van der Waals surface area contributed by atoms with Gasteiger partial charge in [0.15, 0.2) is 0 Å². The maximum Gasteiger partial charge on any atom is -0.00175 e. The highest BCUT2D eigenvalue weighted by Crippen LogP contribution is 2.50. The molecule has 53 heavy (non-hydrogen) atoms. The van der Waals surface area contributed by atoms with Crippen molar-refractivity contribution in [3.05, 3.63) is 199 Å². The number of allylic oxidation sites excluding steroid dienone is 4. The summed E-state index contributed by atoms with van der Waals surface area (Å²) in [6.45, 7) is 0. The van der Waals surface area contributed by atoms with Crippen molar-refractivity contribution in [2.75, 3.05) is 0 Å². The Morgan fingerprint density at radius 2 is 0.906 bits per heavy atom. The molecule has 0 unspecified atom stereocenters. The molecular weight excluding hydrogens is 637 g/mol. The molecule has 0 spiro atoms. The van der Waals surface area contributed by atoms with Gasteiger partial charge in [-0.25, -0.2) is 0 Å². The van der Waals surface area contributed by atoms with Crippen molar-refractivity contribution < 1.29 is 0 Å². The van der Waals surface area contributed by atoms with Crippen LogP contribution >= 0.6 is 0 Å². The van der Waals surface area contributed by atoms with Gasteiger partial charge in [0.1, 0.15) is 0 Å². The van der Waals surface area contributed by atoms with E-state index in [2.05, 4.69) is 182 Å². The van der Waals surface area contributed by atoms with Crippen LogP contribution in [-0.2, 0) is 6.42 Å². The van der Waals surface area contributed by atoms with Gasteiger partial charge in [0, 0.05) is 0 Å². The minimum atomic E-state index is 1.05. The molecule has 0 saturated heterocycles. The Hall–Kier alpha value is -6.50. The van der Waals surface area contributed by atoms with Crippen molar-refractivity contribution >= 4 is 48.7 Å². The van der Waals surface area contributed by atoms with Crippen LogP contribution in [0.1, 0.15) is 24.0 Å². The molecule has 9 aromatic rings. The fourth-order valence-corrected chi connectivity index (χ4v) is 9.44. The first-order valence-electron chi connectivity index (χ1n) is 18.9. The fraction of sp³-hybridized carbons (Fsp3) is 0.0566. The average molecular weight is 673 g/mol. The fourth-order valence-electron chi connectivity index (χ4n) is 9.44. The summed E-state index contributed by atoms with van der Waals surface area (Å²) >= 11 is 0. The summed E-state index contributed by atoms with van der Waals surface area (Å²) in [5, 5.41) is 10.3. The minimum absolute atomic E-state index is 1.05. The highest BCUT2D eigenvalue weighted by atomic mass is 14.3. The lowest BCUT2D eigenvalue weighted by atomic mass is 9.82. The van der Waals surface area contributed by atoms with E-state index in [-0.39, 0.29) is 0 Å². The summed E-state index contributed by atoms with van der Waals surface area (Å²) in [6, 6.07) is 63.2. The van der Waals surface area contributed by atoms with E-state index < -0.39 is 0 Å². The number of hydrogen-bond acceptors (Lipinski definition) is 0. The monoisotopic (exact) mass is 672 g/mol. The standard InChI is InChI=1S/C53H36/c1-2-14-35(15-3-1)50-45-22-10-12-24-47(45)51(48-25-13-11-23-46(48)50)36-28-26-34(27-29-36)42-31-30-39-32-37-16-5-7-19-41(37)52(39)53(42)49-33-38-17-4-6-18-40(38)43-20-8-9-21-44(43)49/h1-4,6-15,17-31,33H,5,16,32H2. The molecule has 0 aromatic heterocycles. The highest BCUT2D eigenvalue weighted by molar-refractivity contribution is 6.21. The third-order valence-electron chi connectivity index (χ3n) is 11.8. The van der Waals surface area contributed by atoms with Crippen molar-refractivity contribution in [2.45, 2.75) is 19.3 Å². The zero-order valence-corrected chi connectivity index (χ0v) is 29.4. The van der Waals surface area contributed by atoms with Crippen LogP contribution in [0.3, 0.4) is 0 Å². The lowest BCUT2D eigenvalue weighted by Crippen LogP contribution is -1.96. The van der Waals surface area contributed by atoms with Gasteiger partial charge in [-0.1, -0.05) is 182 Å². The van der Waals surface area contributed by atoms with Gasteiger partial charge in [0.05, 0.1) is 0 Å². The summed E-state index contributed by atoms with van der Waals surface area (Å²) in [4.78, 5) is 0. The summed E-state index contributed by atoms with van der Waals surface area (Å²) in [5.41, 5.74) is 16.2. The summed E-state index contributed by atoms with van der Waals surface area (Å²) in [6.07, 6.45) is 8.10. The number of hydrogen-bond donors (Lipinski definition) is 0. The van der Waals surface area contributed by atoms with Gasteiger partial charge >= 0.3 is 0 Å². The molecule has 0 nitrogen and oxygen atoms in total. The predicted molar refractivity (Wildman–Crippen MR) is 227 cm³/mol. The third kappa shape index (κ3) is 4.69. The molecule has 0 heteroatoms. The predicted octanol–water partition coefficient (Wildman–Crippen LogP) is 14.6. The molecule has 0 N–H and O–H groups in total. The maximum atomic E-state index is 2.45.